The molecule has 2 aromatic heterocycles. The van der Waals surface area contributed by atoms with Gasteiger partial charge in [0.15, 0.2) is 11.4 Å². The highest BCUT2D eigenvalue weighted by molar-refractivity contribution is 8.00. The second kappa shape index (κ2) is 7.05. The van der Waals surface area contributed by atoms with E-state index in [4.69, 9.17) is 4.74 Å². The minimum atomic E-state index is -0.219. The van der Waals surface area contributed by atoms with Gasteiger partial charge < -0.3 is 9.72 Å². The third-order valence-electron chi connectivity index (χ3n) is 8.09. The summed E-state index contributed by atoms with van der Waals surface area (Å²) in [5, 5.41) is 0.785. The first-order valence-electron chi connectivity index (χ1n) is 11.1. The van der Waals surface area contributed by atoms with E-state index >= 15 is 0 Å². The number of benzene rings is 1. The molecule has 5 atom stereocenters. The molecule has 2 fully saturated rings. The van der Waals surface area contributed by atoms with Crippen LogP contribution in [0.1, 0.15) is 49.7 Å². The van der Waals surface area contributed by atoms with Crippen LogP contribution in [-0.4, -0.2) is 38.1 Å². The highest BCUT2D eigenvalue weighted by atomic mass is 32.2. The largest absolute Gasteiger partial charge is 0.497 e. The minimum absolute atomic E-state index is 0.0487. The summed E-state index contributed by atoms with van der Waals surface area (Å²) >= 11 is 1.60. The van der Waals surface area contributed by atoms with E-state index in [1.807, 2.05) is 0 Å². The van der Waals surface area contributed by atoms with Crippen molar-refractivity contribution < 1.29 is 9.53 Å². The van der Waals surface area contributed by atoms with Crippen LogP contribution in [-0.2, 0) is 11.2 Å². The number of aromatic nitrogens is 4. The molecule has 2 saturated carbocycles. The number of carbonyl (C=O) groups is 1. The number of ketones is 1. The van der Waals surface area contributed by atoms with Crippen LogP contribution in [0.4, 0.5) is 0 Å². The fourth-order valence-electron chi connectivity index (χ4n) is 6.52. The summed E-state index contributed by atoms with van der Waals surface area (Å²) in [6.45, 7) is 2.23. The van der Waals surface area contributed by atoms with Crippen molar-refractivity contribution in [3.63, 3.8) is 0 Å². The normalized spacial score (nSPS) is 31.9. The maximum absolute atomic E-state index is 13.6. The standard InChI is InChI=1S/C24H26N4O2S/c1-24-8-7-16-15-6-4-14(30-2)9-13(15)3-5-17(16)18(24)10-19(21(24)29)31-23-20-22(26-11-25-20)27-12-28-23/h4,6,9,11-12,16-19H,3,5,7-8,10H2,1-2H3,(H,25,26,27,28)/t16-,17-,18-,19-,24-/m0/s1. The van der Waals surface area contributed by atoms with E-state index in [0.29, 0.717) is 29.2 Å². The van der Waals surface area contributed by atoms with Gasteiger partial charge in [0.1, 0.15) is 22.6 Å². The summed E-state index contributed by atoms with van der Waals surface area (Å²) in [6, 6.07) is 6.58. The first-order valence-corrected chi connectivity index (χ1v) is 12.0. The lowest BCUT2D eigenvalue weighted by molar-refractivity contribution is -0.129. The van der Waals surface area contributed by atoms with Crippen LogP contribution in [0.15, 0.2) is 35.9 Å². The molecular weight excluding hydrogens is 408 g/mol. The number of ether oxygens (including phenoxy) is 1. The molecule has 7 heteroatoms. The number of aromatic amines is 1. The van der Waals surface area contributed by atoms with Crippen molar-refractivity contribution in [2.45, 2.75) is 55.2 Å². The van der Waals surface area contributed by atoms with E-state index in [-0.39, 0.29) is 10.7 Å². The van der Waals surface area contributed by atoms with Crippen LogP contribution in [0.5, 0.6) is 5.75 Å². The topological polar surface area (TPSA) is 80.8 Å². The van der Waals surface area contributed by atoms with E-state index < -0.39 is 0 Å². The van der Waals surface area contributed by atoms with Gasteiger partial charge in [0.25, 0.3) is 0 Å². The van der Waals surface area contributed by atoms with E-state index in [1.165, 1.54) is 11.1 Å². The molecule has 1 aromatic carbocycles. The number of imidazole rings is 1. The van der Waals surface area contributed by atoms with Crippen LogP contribution in [0.25, 0.3) is 11.2 Å². The van der Waals surface area contributed by atoms with Crippen molar-refractivity contribution in [3.05, 3.63) is 42.0 Å². The Hall–Kier alpha value is -2.41. The van der Waals surface area contributed by atoms with E-state index in [1.54, 1.807) is 31.5 Å². The van der Waals surface area contributed by atoms with Crippen LogP contribution >= 0.6 is 11.8 Å². The maximum atomic E-state index is 13.6. The smallest absolute Gasteiger partial charge is 0.181 e. The Morgan fingerprint density at radius 3 is 3.00 bits per heavy atom. The predicted octanol–water partition coefficient (Wildman–Crippen LogP) is 4.56. The SMILES string of the molecule is COc1ccc2c(c1)CC[C@H]1[C@H]2CC[C@]2(C)C(=O)[C@@H](Sc3ncnc4nc[nH]c34)C[C@@H]12. The van der Waals surface area contributed by atoms with Gasteiger partial charge in [-0.3, -0.25) is 4.79 Å². The number of carbonyl (C=O) groups excluding carboxylic acids is 1. The molecule has 0 radical (unpaired) electrons. The van der Waals surface area contributed by atoms with Crippen LogP contribution in [0, 0.1) is 17.3 Å². The van der Waals surface area contributed by atoms with Crippen molar-refractivity contribution in [1.29, 1.82) is 0 Å². The van der Waals surface area contributed by atoms with E-state index in [0.717, 1.165) is 48.4 Å². The summed E-state index contributed by atoms with van der Waals surface area (Å²) in [5.41, 5.74) is 4.19. The highest BCUT2D eigenvalue weighted by Crippen LogP contribution is 2.61. The first-order chi connectivity index (χ1) is 15.1. The van der Waals surface area contributed by atoms with Crippen molar-refractivity contribution in [2.24, 2.45) is 17.3 Å². The van der Waals surface area contributed by atoms with Gasteiger partial charge in [-0.25, -0.2) is 15.0 Å². The maximum Gasteiger partial charge on any atom is 0.181 e. The number of hydrogen-bond donors (Lipinski definition) is 1. The average molecular weight is 435 g/mol. The van der Waals surface area contributed by atoms with Crippen molar-refractivity contribution in [3.8, 4) is 5.75 Å². The third-order valence-corrected chi connectivity index (χ3v) is 9.31. The Bertz CT molecular complexity index is 1180. The Kier molecular flexibility index (Phi) is 4.39. The van der Waals surface area contributed by atoms with Gasteiger partial charge in [-0.05, 0) is 73.1 Å². The summed E-state index contributed by atoms with van der Waals surface area (Å²) < 4.78 is 5.45. The van der Waals surface area contributed by atoms with E-state index in [9.17, 15) is 4.79 Å². The van der Waals surface area contributed by atoms with Gasteiger partial charge >= 0.3 is 0 Å². The number of rotatable bonds is 3. The lowest BCUT2D eigenvalue weighted by Gasteiger charge is -2.48. The first kappa shape index (κ1) is 19.3. The van der Waals surface area contributed by atoms with Crippen molar-refractivity contribution in [1.82, 2.24) is 19.9 Å². The zero-order valence-corrected chi connectivity index (χ0v) is 18.6. The molecule has 6 nitrogen and oxygen atoms in total. The lowest BCUT2D eigenvalue weighted by atomic mass is 9.55. The zero-order chi connectivity index (χ0) is 21.2. The van der Waals surface area contributed by atoms with E-state index in [2.05, 4.69) is 45.1 Å². The number of H-pyrrole nitrogens is 1. The van der Waals surface area contributed by atoms with Gasteiger partial charge in [0.2, 0.25) is 0 Å². The van der Waals surface area contributed by atoms with Gasteiger partial charge in [-0.15, -0.1) is 0 Å². The van der Waals surface area contributed by atoms with Gasteiger partial charge in [-0.1, -0.05) is 24.8 Å². The second-order valence-electron chi connectivity index (χ2n) is 9.42. The molecule has 0 unspecified atom stereocenters. The molecule has 1 N–H and O–H groups in total. The molecule has 0 saturated heterocycles. The third kappa shape index (κ3) is 2.85. The lowest BCUT2D eigenvalue weighted by Crippen LogP contribution is -2.42. The fourth-order valence-corrected chi connectivity index (χ4v) is 7.85. The molecule has 160 valence electrons. The Labute approximate surface area is 185 Å². The van der Waals surface area contributed by atoms with Gasteiger partial charge in [-0.2, -0.15) is 0 Å². The van der Waals surface area contributed by atoms with Crippen molar-refractivity contribution >= 4 is 28.7 Å². The van der Waals surface area contributed by atoms with Crippen LogP contribution < -0.4 is 4.74 Å². The Morgan fingerprint density at radius 1 is 1.23 bits per heavy atom. The second-order valence-corrected chi connectivity index (χ2v) is 10.6. The Morgan fingerprint density at radius 2 is 2.13 bits per heavy atom. The van der Waals surface area contributed by atoms with Crippen LogP contribution in [0.3, 0.4) is 0 Å². The summed E-state index contributed by atoms with van der Waals surface area (Å²) in [4.78, 5) is 29.7. The molecule has 31 heavy (non-hydrogen) atoms. The number of fused-ring (bicyclic) bond motifs is 6. The Balaban J connectivity index is 1.30. The highest BCUT2D eigenvalue weighted by Gasteiger charge is 2.58. The van der Waals surface area contributed by atoms with Gasteiger partial charge in [0.05, 0.1) is 18.7 Å². The molecular formula is C24H26N4O2S. The molecule has 0 spiro atoms. The average Bonchev–Trinajstić information content (AvgIpc) is 3.37. The molecule has 3 aromatic rings. The number of methoxy groups -OCH3 is 1. The van der Waals surface area contributed by atoms with Crippen molar-refractivity contribution in [2.75, 3.05) is 7.11 Å². The summed E-state index contributed by atoms with van der Waals surface area (Å²) in [5.74, 6) is 2.92. The molecule has 0 aliphatic heterocycles. The predicted molar refractivity (Wildman–Crippen MR) is 119 cm³/mol. The molecule has 2 heterocycles. The number of hydrogen-bond acceptors (Lipinski definition) is 6. The minimum Gasteiger partial charge on any atom is -0.497 e. The summed E-state index contributed by atoms with van der Waals surface area (Å²) in [7, 11) is 1.73. The number of thioether (sulfide) groups is 1. The molecule has 0 bridgehead atoms. The quantitative estimate of drug-likeness (QED) is 0.609. The molecule has 3 aliphatic carbocycles. The monoisotopic (exact) mass is 434 g/mol. The zero-order valence-electron chi connectivity index (χ0n) is 17.8. The molecule has 0 amide bonds. The number of nitrogens with one attached hydrogen (secondary N) is 1. The van der Waals surface area contributed by atoms with Crippen LogP contribution in [0.2, 0.25) is 0 Å². The van der Waals surface area contributed by atoms with Gasteiger partial charge in [0, 0.05) is 5.41 Å². The molecule has 3 aliphatic rings. The molecule has 6 rings (SSSR count). The number of Topliss-reactive ketones (excluding diaryl/α,β-unsaturated/α-hetero) is 1. The fraction of sp³-hybridized carbons (Fsp3) is 0.500. The number of aryl methyl sites for hydroxylation is 1. The number of nitrogens with zero attached hydrogens (tertiary/aromatic N) is 3. The summed E-state index contributed by atoms with van der Waals surface area (Å²) in [6.07, 6.45) is 8.43.